The van der Waals surface area contributed by atoms with Crippen molar-refractivity contribution in [2.24, 2.45) is 0 Å². The normalized spacial score (nSPS) is 11.3. The van der Waals surface area contributed by atoms with Gasteiger partial charge in [-0.2, -0.15) is 5.26 Å². The first kappa shape index (κ1) is 17.8. The first-order chi connectivity index (χ1) is 11.7. The molecule has 1 N–H and O–H groups in total. The smallest absolute Gasteiger partial charge is 0.318 e. The molecule has 0 aliphatic heterocycles. The van der Waals surface area contributed by atoms with Crippen molar-refractivity contribution in [2.75, 3.05) is 18.5 Å². The number of nitrogens with one attached hydrogen (secondary N) is 1. The zero-order chi connectivity index (χ0) is 17.2. The summed E-state index contributed by atoms with van der Waals surface area (Å²) in [6, 6.07) is 15.5. The Balaban J connectivity index is 1.68. The molecule has 6 heteroatoms. The molecule has 1 atom stereocenters. The molecule has 5 nitrogen and oxygen atoms in total. The summed E-state index contributed by atoms with van der Waals surface area (Å²) < 4.78 is 5.25. The summed E-state index contributed by atoms with van der Waals surface area (Å²) in [5, 5.41) is 11.7. The van der Waals surface area contributed by atoms with E-state index >= 15 is 0 Å². The number of esters is 1. The fourth-order valence-corrected chi connectivity index (χ4v) is 2.78. The van der Waals surface area contributed by atoms with E-state index in [1.165, 1.54) is 5.56 Å². The third kappa shape index (κ3) is 5.60. The van der Waals surface area contributed by atoms with Gasteiger partial charge in [-0.1, -0.05) is 30.3 Å². The lowest BCUT2D eigenvalue weighted by molar-refractivity contribution is -0.142. The maximum Gasteiger partial charge on any atom is 0.318 e. The van der Waals surface area contributed by atoms with Gasteiger partial charge in [-0.25, -0.2) is 4.98 Å². The number of hydrogen-bond acceptors (Lipinski definition) is 6. The summed E-state index contributed by atoms with van der Waals surface area (Å²) in [7, 11) is 0. The highest BCUT2D eigenvalue weighted by Gasteiger charge is 2.14. The molecule has 1 unspecified atom stereocenters. The van der Waals surface area contributed by atoms with Gasteiger partial charge in [0.25, 0.3) is 0 Å². The molecule has 1 aromatic heterocycles. The predicted molar refractivity (Wildman–Crippen MR) is 95.6 cm³/mol. The van der Waals surface area contributed by atoms with Gasteiger partial charge in [-0.3, -0.25) is 4.79 Å². The van der Waals surface area contributed by atoms with Crippen LogP contribution < -0.4 is 5.32 Å². The van der Waals surface area contributed by atoms with E-state index in [0.717, 1.165) is 5.75 Å². The fourth-order valence-electron chi connectivity index (χ4n) is 1.94. The number of ether oxygens (including phenoxy) is 1. The van der Waals surface area contributed by atoms with Gasteiger partial charge in [0, 0.05) is 11.9 Å². The Morgan fingerprint density at radius 1 is 1.33 bits per heavy atom. The molecule has 0 amide bonds. The van der Waals surface area contributed by atoms with Gasteiger partial charge in [0.2, 0.25) is 0 Å². The zero-order valence-corrected chi connectivity index (χ0v) is 14.3. The highest BCUT2D eigenvalue weighted by atomic mass is 32.2. The van der Waals surface area contributed by atoms with Crippen LogP contribution in [0, 0.1) is 11.3 Å². The fraction of sp³-hybridized carbons (Fsp3) is 0.278. The molecule has 0 radical (unpaired) electrons. The van der Waals surface area contributed by atoms with Gasteiger partial charge in [0.1, 0.15) is 18.5 Å². The van der Waals surface area contributed by atoms with Crippen LogP contribution in [0.3, 0.4) is 0 Å². The van der Waals surface area contributed by atoms with Crippen LogP contribution in [0.25, 0.3) is 0 Å². The average molecular weight is 341 g/mol. The van der Waals surface area contributed by atoms with Crippen molar-refractivity contribution in [2.45, 2.75) is 17.9 Å². The van der Waals surface area contributed by atoms with Crippen molar-refractivity contribution in [3.8, 4) is 6.07 Å². The number of pyridine rings is 1. The lowest BCUT2D eigenvalue weighted by atomic mass is 10.2. The van der Waals surface area contributed by atoms with Crippen LogP contribution >= 0.6 is 11.8 Å². The molecule has 0 saturated carbocycles. The van der Waals surface area contributed by atoms with E-state index in [1.54, 1.807) is 30.1 Å². The molecule has 1 aromatic carbocycles. The lowest BCUT2D eigenvalue weighted by Gasteiger charge is -2.12. The van der Waals surface area contributed by atoms with E-state index in [2.05, 4.69) is 16.4 Å². The number of aromatic nitrogens is 1. The van der Waals surface area contributed by atoms with Gasteiger partial charge in [-0.05, 0) is 24.6 Å². The molecule has 2 aromatic rings. The van der Waals surface area contributed by atoms with Crippen molar-refractivity contribution in [1.82, 2.24) is 4.98 Å². The van der Waals surface area contributed by atoms with Crippen molar-refractivity contribution in [3.05, 3.63) is 59.8 Å². The Labute approximate surface area is 146 Å². The Hall–Kier alpha value is -2.52. The molecule has 24 heavy (non-hydrogen) atoms. The van der Waals surface area contributed by atoms with E-state index in [0.29, 0.717) is 17.9 Å². The van der Waals surface area contributed by atoms with Crippen molar-refractivity contribution < 1.29 is 9.53 Å². The lowest BCUT2D eigenvalue weighted by Crippen LogP contribution is -2.21. The van der Waals surface area contributed by atoms with Gasteiger partial charge in [-0.15, -0.1) is 11.8 Å². The van der Waals surface area contributed by atoms with Crippen LogP contribution in [0.4, 0.5) is 5.82 Å². The number of anilines is 1. The molecule has 0 saturated heterocycles. The second-order valence-electron chi connectivity index (χ2n) is 5.04. The van der Waals surface area contributed by atoms with Gasteiger partial charge < -0.3 is 10.1 Å². The molecular weight excluding hydrogens is 322 g/mol. The summed E-state index contributed by atoms with van der Waals surface area (Å²) in [5.41, 5.74) is 1.65. The van der Waals surface area contributed by atoms with Gasteiger partial charge >= 0.3 is 5.97 Å². The highest BCUT2D eigenvalue weighted by molar-refractivity contribution is 7.99. The van der Waals surface area contributed by atoms with Crippen molar-refractivity contribution >= 4 is 23.5 Å². The van der Waals surface area contributed by atoms with E-state index < -0.39 is 0 Å². The number of rotatable bonds is 8. The molecule has 124 valence electrons. The maximum absolute atomic E-state index is 12.0. The number of carbonyl (C=O) groups excluding carboxylic acids is 1. The van der Waals surface area contributed by atoms with Crippen molar-refractivity contribution in [1.29, 1.82) is 5.26 Å². The van der Waals surface area contributed by atoms with E-state index in [9.17, 15) is 4.79 Å². The van der Waals surface area contributed by atoms with E-state index in [-0.39, 0.29) is 17.8 Å². The Kier molecular flexibility index (Phi) is 7.12. The molecule has 0 aliphatic carbocycles. The third-order valence-corrected chi connectivity index (χ3v) is 4.43. The minimum atomic E-state index is -0.237. The number of carbonyl (C=O) groups is 1. The number of benzene rings is 1. The van der Waals surface area contributed by atoms with Crippen molar-refractivity contribution in [3.63, 3.8) is 0 Å². The minimum absolute atomic E-state index is 0.227. The monoisotopic (exact) mass is 341 g/mol. The first-order valence-electron chi connectivity index (χ1n) is 7.62. The SMILES string of the molecule is CC(SCc1ccccc1)C(=O)OCCNc1ncccc1C#N. The first-order valence-corrected chi connectivity index (χ1v) is 8.66. The highest BCUT2D eigenvalue weighted by Crippen LogP contribution is 2.18. The Morgan fingerprint density at radius 2 is 2.12 bits per heavy atom. The summed E-state index contributed by atoms with van der Waals surface area (Å²) in [6.07, 6.45) is 1.61. The predicted octanol–water partition coefficient (Wildman–Crippen LogP) is 3.23. The molecule has 0 fully saturated rings. The largest absolute Gasteiger partial charge is 0.463 e. The van der Waals surface area contributed by atoms with Crippen LogP contribution in [-0.2, 0) is 15.3 Å². The molecule has 0 aliphatic rings. The third-order valence-electron chi connectivity index (χ3n) is 3.24. The van der Waals surface area contributed by atoms with Crippen LogP contribution in [0.1, 0.15) is 18.1 Å². The summed E-state index contributed by atoms with van der Waals surface area (Å²) >= 11 is 1.55. The van der Waals surface area contributed by atoms with E-state index in [4.69, 9.17) is 10.00 Å². The second kappa shape index (κ2) is 9.58. The number of nitrogens with zero attached hydrogens (tertiary/aromatic N) is 2. The minimum Gasteiger partial charge on any atom is -0.463 e. The molecule has 0 spiro atoms. The van der Waals surface area contributed by atoms with Crippen LogP contribution in [0.5, 0.6) is 0 Å². The number of hydrogen-bond donors (Lipinski definition) is 1. The van der Waals surface area contributed by atoms with Crippen LogP contribution in [0.15, 0.2) is 48.7 Å². The quantitative estimate of drug-likeness (QED) is 0.587. The number of nitriles is 1. The summed E-state index contributed by atoms with van der Waals surface area (Å²) in [5.74, 6) is 1.04. The molecule has 1 heterocycles. The number of thioether (sulfide) groups is 1. The van der Waals surface area contributed by atoms with E-state index in [1.807, 2.05) is 37.3 Å². The molecule has 2 rings (SSSR count). The second-order valence-corrected chi connectivity index (χ2v) is 6.37. The molecule has 0 bridgehead atoms. The van der Waals surface area contributed by atoms with Gasteiger partial charge in [0.05, 0.1) is 17.4 Å². The summed E-state index contributed by atoms with van der Waals surface area (Å²) in [6.45, 7) is 2.49. The summed E-state index contributed by atoms with van der Waals surface area (Å²) in [4.78, 5) is 16.0. The molecular formula is C18H19N3O2S. The topological polar surface area (TPSA) is 75.0 Å². The standard InChI is InChI=1S/C18H19N3O2S/c1-14(24-13-15-6-3-2-4-7-15)18(22)23-11-10-21-17-16(12-19)8-5-9-20-17/h2-9,14H,10-11,13H2,1H3,(H,20,21). The van der Waals surface area contributed by atoms with Gasteiger partial charge in [0.15, 0.2) is 0 Å². The Bertz CT molecular complexity index is 701. The Morgan fingerprint density at radius 3 is 2.88 bits per heavy atom. The van der Waals surface area contributed by atoms with Crippen LogP contribution in [-0.4, -0.2) is 29.4 Å². The average Bonchev–Trinajstić information content (AvgIpc) is 2.64. The van der Waals surface area contributed by atoms with Crippen LogP contribution in [0.2, 0.25) is 0 Å². The maximum atomic E-state index is 12.0. The zero-order valence-electron chi connectivity index (χ0n) is 13.4.